The van der Waals surface area contributed by atoms with E-state index in [1.807, 2.05) is 32.0 Å². The average Bonchev–Trinajstić information content (AvgIpc) is 2.83. The first-order valence-electron chi connectivity index (χ1n) is 11.7. The summed E-state index contributed by atoms with van der Waals surface area (Å²) in [6, 6.07) is 14.6. The van der Waals surface area contributed by atoms with Gasteiger partial charge in [0.1, 0.15) is 5.75 Å². The predicted octanol–water partition coefficient (Wildman–Crippen LogP) is 4.12. The fourth-order valence-electron chi connectivity index (χ4n) is 4.46. The number of ether oxygens (including phenoxy) is 2. The maximum absolute atomic E-state index is 12.0. The van der Waals surface area contributed by atoms with Gasteiger partial charge in [0.25, 0.3) is 0 Å². The number of nitrogens with zero attached hydrogens (tertiary/aromatic N) is 2. The molecule has 1 atom stereocenters. The summed E-state index contributed by atoms with van der Waals surface area (Å²) in [6.07, 6.45) is 2.03. The summed E-state index contributed by atoms with van der Waals surface area (Å²) in [5.41, 5.74) is 4.72. The molecule has 6 heteroatoms. The standard InChI is InChI=1S/C26H35N3O3/c1-19(2)26(30)27-21-4-9-24-20(18-21)11-17-32-25(24)10-12-28-13-15-29(16-14-28)22-5-7-23(31-3)8-6-22/h4-9,18-19,25H,10-17H2,1-3H3,(H,27,30). The lowest BCUT2D eigenvalue weighted by Gasteiger charge is -2.37. The lowest BCUT2D eigenvalue weighted by atomic mass is 9.95. The molecule has 2 heterocycles. The third-order valence-electron chi connectivity index (χ3n) is 6.49. The second-order valence-corrected chi connectivity index (χ2v) is 8.98. The van der Waals surface area contributed by atoms with E-state index in [0.717, 1.165) is 63.6 Å². The fraction of sp³-hybridized carbons (Fsp3) is 0.500. The summed E-state index contributed by atoms with van der Waals surface area (Å²) in [5.74, 6) is 0.934. The quantitative estimate of drug-likeness (QED) is 0.706. The van der Waals surface area contributed by atoms with Gasteiger partial charge in [0.15, 0.2) is 0 Å². The van der Waals surface area contributed by atoms with Crippen LogP contribution in [0.3, 0.4) is 0 Å². The van der Waals surface area contributed by atoms with Crippen LogP contribution in [0.15, 0.2) is 42.5 Å². The highest BCUT2D eigenvalue weighted by Crippen LogP contribution is 2.32. The molecule has 1 fully saturated rings. The van der Waals surface area contributed by atoms with Crippen LogP contribution >= 0.6 is 0 Å². The van der Waals surface area contributed by atoms with Crippen molar-refractivity contribution >= 4 is 17.3 Å². The molecule has 1 unspecified atom stereocenters. The molecule has 4 rings (SSSR count). The van der Waals surface area contributed by atoms with Crippen molar-refractivity contribution in [1.29, 1.82) is 0 Å². The Morgan fingerprint density at radius 3 is 2.56 bits per heavy atom. The second kappa shape index (κ2) is 10.4. The molecule has 1 amide bonds. The molecule has 2 aliphatic heterocycles. The Bertz CT molecular complexity index is 905. The van der Waals surface area contributed by atoms with E-state index in [2.05, 4.69) is 39.4 Å². The average molecular weight is 438 g/mol. The van der Waals surface area contributed by atoms with Gasteiger partial charge in [0.2, 0.25) is 5.91 Å². The Morgan fingerprint density at radius 2 is 1.88 bits per heavy atom. The van der Waals surface area contributed by atoms with Crippen molar-refractivity contribution in [2.75, 3.05) is 56.7 Å². The number of piperazine rings is 1. The Balaban J connectivity index is 1.29. The molecule has 6 nitrogen and oxygen atoms in total. The molecule has 0 spiro atoms. The van der Waals surface area contributed by atoms with Gasteiger partial charge in [-0.25, -0.2) is 0 Å². The van der Waals surface area contributed by atoms with E-state index in [-0.39, 0.29) is 17.9 Å². The first-order valence-corrected chi connectivity index (χ1v) is 11.7. The van der Waals surface area contributed by atoms with Crippen LogP contribution in [0, 0.1) is 5.92 Å². The molecule has 32 heavy (non-hydrogen) atoms. The van der Waals surface area contributed by atoms with E-state index in [1.165, 1.54) is 16.8 Å². The number of fused-ring (bicyclic) bond motifs is 1. The van der Waals surface area contributed by atoms with Crippen molar-refractivity contribution in [3.8, 4) is 5.75 Å². The Morgan fingerprint density at radius 1 is 1.12 bits per heavy atom. The number of carbonyl (C=O) groups is 1. The number of nitrogens with one attached hydrogen (secondary N) is 1. The van der Waals surface area contributed by atoms with Crippen LogP contribution in [0.2, 0.25) is 0 Å². The van der Waals surface area contributed by atoms with Crippen molar-refractivity contribution in [1.82, 2.24) is 4.90 Å². The largest absolute Gasteiger partial charge is 0.497 e. The molecule has 0 aromatic heterocycles. The Hall–Kier alpha value is -2.57. The van der Waals surface area contributed by atoms with Gasteiger partial charge in [-0.2, -0.15) is 0 Å². The van der Waals surface area contributed by atoms with Crippen LogP contribution in [0.25, 0.3) is 0 Å². The minimum Gasteiger partial charge on any atom is -0.497 e. The molecule has 0 aliphatic carbocycles. The molecule has 2 aromatic rings. The van der Waals surface area contributed by atoms with Crippen LogP contribution in [0.1, 0.15) is 37.5 Å². The van der Waals surface area contributed by atoms with Gasteiger partial charge >= 0.3 is 0 Å². The normalized spacial score (nSPS) is 19.0. The molecule has 2 aromatic carbocycles. The lowest BCUT2D eigenvalue weighted by Crippen LogP contribution is -2.46. The molecular formula is C26H35N3O3. The predicted molar refractivity (Wildman–Crippen MR) is 129 cm³/mol. The number of benzene rings is 2. The minimum atomic E-state index is -0.0210. The number of amides is 1. The van der Waals surface area contributed by atoms with Crippen LogP contribution in [-0.2, 0) is 16.0 Å². The van der Waals surface area contributed by atoms with E-state index >= 15 is 0 Å². The Labute approximate surface area is 191 Å². The summed E-state index contributed by atoms with van der Waals surface area (Å²) < 4.78 is 11.4. The highest BCUT2D eigenvalue weighted by Gasteiger charge is 2.24. The number of carbonyl (C=O) groups excluding carboxylic acids is 1. The molecule has 0 radical (unpaired) electrons. The van der Waals surface area contributed by atoms with Crippen molar-refractivity contribution in [3.05, 3.63) is 53.6 Å². The van der Waals surface area contributed by atoms with E-state index < -0.39 is 0 Å². The molecule has 172 valence electrons. The molecule has 1 N–H and O–H groups in total. The zero-order valence-corrected chi connectivity index (χ0v) is 19.5. The SMILES string of the molecule is COc1ccc(N2CCN(CCC3OCCc4cc(NC(=O)C(C)C)ccc43)CC2)cc1. The van der Waals surface area contributed by atoms with Crippen LogP contribution < -0.4 is 15.0 Å². The fourth-order valence-corrected chi connectivity index (χ4v) is 4.46. The van der Waals surface area contributed by atoms with Crippen LogP contribution in [0.4, 0.5) is 11.4 Å². The number of methoxy groups -OCH3 is 1. The van der Waals surface area contributed by atoms with Crippen LogP contribution in [0.5, 0.6) is 5.75 Å². The minimum absolute atomic E-state index is 0.0210. The molecule has 2 aliphatic rings. The van der Waals surface area contributed by atoms with Gasteiger partial charge in [0.05, 0.1) is 19.8 Å². The zero-order valence-electron chi connectivity index (χ0n) is 19.5. The van der Waals surface area contributed by atoms with E-state index in [4.69, 9.17) is 9.47 Å². The van der Waals surface area contributed by atoms with E-state index in [1.54, 1.807) is 7.11 Å². The van der Waals surface area contributed by atoms with Gasteiger partial charge in [-0.3, -0.25) is 9.69 Å². The monoisotopic (exact) mass is 437 g/mol. The van der Waals surface area contributed by atoms with Gasteiger partial charge in [-0.1, -0.05) is 19.9 Å². The first kappa shape index (κ1) is 22.6. The van der Waals surface area contributed by atoms with Gasteiger partial charge < -0.3 is 19.7 Å². The first-order chi connectivity index (χ1) is 15.5. The molecule has 0 bridgehead atoms. The Kier molecular flexibility index (Phi) is 7.33. The highest BCUT2D eigenvalue weighted by atomic mass is 16.5. The second-order valence-electron chi connectivity index (χ2n) is 8.98. The summed E-state index contributed by atoms with van der Waals surface area (Å²) >= 11 is 0. The van der Waals surface area contributed by atoms with Crippen molar-refractivity contribution in [2.45, 2.75) is 32.8 Å². The van der Waals surface area contributed by atoms with Gasteiger partial charge in [-0.15, -0.1) is 0 Å². The maximum Gasteiger partial charge on any atom is 0.226 e. The van der Waals surface area contributed by atoms with E-state index in [9.17, 15) is 4.79 Å². The number of rotatable bonds is 7. The number of anilines is 2. The number of hydrogen-bond donors (Lipinski definition) is 1. The summed E-state index contributed by atoms with van der Waals surface area (Å²) in [5, 5.41) is 3.01. The summed E-state index contributed by atoms with van der Waals surface area (Å²) in [4.78, 5) is 17.0. The molecule has 0 saturated carbocycles. The van der Waals surface area contributed by atoms with E-state index in [0.29, 0.717) is 0 Å². The van der Waals surface area contributed by atoms with Crippen LogP contribution in [-0.4, -0.2) is 57.2 Å². The summed E-state index contributed by atoms with van der Waals surface area (Å²) in [6.45, 7) is 9.79. The number of hydrogen-bond acceptors (Lipinski definition) is 5. The van der Waals surface area contributed by atoms with Gasteiger partial charge in [-0.05, 0) is 60.4 Å². The highest BCUT2D eigenvalue weighted by molar-refractivity contribution is 5.92. The summed E-state index contributed by atoms with van der Waals surface area (Å²) in [7, 11) is 1.70. The van der Waals surface area contributed by atoms with Crippen molar-refractivity contribution < 1.29 is 14.3 Å². The third kappa shape index (κ3) is 5.43. The van der Waals surface area contributed by atoms with Gasteiger partial charge in [0, 0.05) is 50.0 Å². The molecule has 1 saturated heterocycles. The maximum atomic E-state index is 12.0. The van der Waals surface area contributed by atoms with Crippen molar-refractivity contribution in [2.24, 2.45) is 5.92 Å². The zero-order chi connectivity index (χ0) is 22.5. The third-order valence-corrected chi connectivity index (χ3v) is 6.49. The lowest BCUT2D eigenvalue weighted by molar-refractivity contribution is -0.118. The topological polar surface area (TPSA) is 54.0 Å². The van der Waals surface area contributed by atoms with Crippen molar-refractivity contribution in [3.63, 3.8) is 0 Å². The molecular weight excluding hydrogens is 402 g/mol. The smallest absolute Gasteiger partial charge is 0.226 e.